The predicted octanol–water partition coefficient (Wildman–Crippen LogP) is 4.38. The first-order valence-corrected chi connectivity index (χ1v) is 17.1. The summed E-state index contributed by atoms with van der Waals surface area (Å²) in [4.78, 5) is 18.0. The number of halogens is 3. The average molecular weight is 619 g/mol. The molecule has 4 bridgehead atoms. The van der Waals surface area contributed by atoms with Gasteiger partial charge in [-0.3, -0.25) is 25.1 Å². The fraction of sp³-hybridized carbons (Fsp3) is 0.967. The molecule has 5 fully saturated rings. The lowest BCUT2D eigenvalue weighted by molar-refractivity contribution is -0.217. The van der Waals surface area contributed by atoms with E-state index < -0.39 is 17.7 Å². The largest absolute Gasteiger partial charge is 0.394 e. The number of ether oxygens (including phenoxy) is 1. The quantitative estimate of drug-likeness (QED) is 0.338. The Labute approximate surface area is 254 Å². The van der Waals surface area contributed by atoms with Gasteiger partial charge in [-0.05, 0) is 84.1 Å². The summed E-state index contributed by atoms with van der Waals surface area (Å²) in [6.45, 7) is 10.6. The smallest absolute Gasteiger partial charge is 0.368 e. The fourth-order valence-electron chi connectivity index (χ4n) is 7.66. The number of likely N-dealkylation sites (tertiary alicyclic amines) is 1. The molecule has 5 heterocycles. The Morgan fingerprint density at radius 2 is 1.86 bits per heavy atom. The molecule has 5 aliphatic heterocycles. The Bertz CT molecular complexity index is 924. The van der Waals surface area contributed by atoms with E-state index in [0.29, 0.717) is 36.3 Å². The van der Waals surface area contributed by atoms with Crippen LogP contribution in [0.5, 0.6) is 0 Å². The second-order valence-corrected chi connectivity index (χ2v) is 15.6. The molecule has 0 spiro atoms. The molecule has 0 saturated carbocycles. The molecule has 5 rings (SSSR count). The van der Waals surface area contributed by atoms with Gasteiger partial charge >= 0.3 is 6.18 Å². The molecule has 0 radical (unpaired) electrons. The number of alkyl halides is 3. The van der Waals surface area contributed by atoms with Crippen LogP contribution in [-0.2, 0) is 9.53 Å². The monoisotopic (exact) mass is 618 g/mol. The van der Waals surface area contributed by atoms with Crippen molar-refractivity contribution in [2.24, 2.45) is 17.3 Å². The van der Waals surface area contributed by atoms with E-state index in [0.717, 1.165) is 32.5 Å². The summed E-state index contributed by atoms with van der Waals surface area (Å²) in [5.41, 5.74) is -1.78. The van der Waals surface area contributed by atoms with E-state index in [1.807, 2.05) is 16.8 Å². The molecule has 0 aromatic carbocycles. The van der Waals surface area contributed by atoms with Gasteiger partial charge in [-0.2, -0.15) is 13.2 Å². The van der Waals surface area contributed by atoms with Crippen molar-refractivity contribution < 1.29 is 22.7 Å². The van der Waals surface area contributed by atoms with Crippen LogP contribution in [0.25, 0.3) is 0 Å². The number of piperidine rings is 2. The SMILES string of the molecule is CC1(C)C[C@@H]2CCCNC3CCCC(N3)SNCC3CCC(N4CCC(OCCC(C)(C)C(F)(F)F)C4=O)NC3N1C2. The van der Waals surface area contributed by atoms with Crippen LogP contribution < -0.4 is 20.7 Å². The van der Waals surface area contributed by atoms with E-state index >= 15 is 0 Å². The molecule has 0 aliphatic carbocycles. The van der Waals surface area contributed by atoms with E-state index in [1.165, 1.54) is 52.4 Å². The second-order valence-electron chi connectivity index (χ2n) is 14.5. The number of rotatable bonds is 5. The summed E-state index contributed by atoms with van der Waals surface area (Å²) in [5, 5.41) is 11.8. The lowest BCUT2D eigenvalue weighted by Crippen LogP contribution is -2.65. The van der Waals surface area contributed by atoms with Crippen LogP contribution in [0, 0.1) is 17.3 Å². The molecule has 0 aromatic heterocycles. The highest BCUT2D eigenvalue weighted by atomic mass is 32.2. The topological polar surface area (TPSA) is 80.9 Å². The Morgan fingerprint density at radius 1 is 1.05 bits per heavy atom. The zero-order valence-corrected chi connectivity index (χ0v) is 26.7. The summed E-state index contributed by atoms with van der Waals surface area (Å²) >= 11 is 1.82. The minimum atomic E-state index is -4.29. The van der Waals surface area contributed by atoms with Crippen molar-refractivity contribution in [2.75, 3.05) is 32.8 Å². The molecule has 1 amide bonds. The third-order valence-corrected chi connectivity index (χ3v) is 11.4. The van der Waals surface area contributed by atoms with Crippen LogP contribution in [0.3, 0.4) is 0 Å². The highest BCUT2D eigenvalue weighted by Crippen LogP contribution is 2.41. The van der Waals surface area contributed by atoms with E-state index in [2.05, 4.69) is 39.4 Å². The molecule has 242 valence electrons. The number of fused-ring (bicyclic) bond motifs is 6. The van der Waals surface area contributed by atoms with Crippen LogP contribution in [-0.4, -0.2) is 90.2 Å². The van der Waals surface area contributed by atoms with Crippen LogP contribution in [0.4, 0.5) is 13.2 Å². The Hall–Kier alpha value is -0.630. The summed E-state index contributed by atoms with van der Waals surface area (Å²) in [5.74, 6) is 0.964. The lowest BCUT2D eigenvalue weighted by Gasteiger charge is -2.49. The zero-order chi connectivity index (χ0) is 30.1. The summed E-state index contributed by atoms with van der Waals surface area (Å²) in [7, 11) is 0. The molecule has 4 N–H and O–H groups in total. The highest BCUT2D eigenvalue weighted by molar-refractivity contribution is 7.98. The molecular formula is C30H53F3N6O2S. The third kappa shape index (κ3) is 7.59. The number of carbonyl (C=O) groups is 1. The predicted molar refractivity (Wildman–Crippen MR) is 160 cm³/mol. The molecule has 7 unspecified atom stereocenters. The van der Waals surface area contributed by atoms with E-state index in [9.17, 15) is 18.0 Å². The molecule has 42 heavy (non-hydrogen) atoms. The molecule has 12 heteroatoms. The number of nitrogens with zero attached hydrogens (tertiary/aromatic N) is 2. The van der Waals surface area contributed by atoms with Crippen molar-refractivity contribution in [3.05, 3.63) is 0 Å². The van der Waals surface area contributed by atoms with E-state index in [1.54, 1.807) is 0 Å². The maximum Gasteiger partial charge on any atom is 0.394 e. The molecule has 8 nitrogen and oxygen atoms in total. The van der Waals surface area contributed by atoms with Gasteiger partial charge in [0.2, 0.25) is 0 Å². The lowest BCUT2D eigenvalue weighted by atomic mass is 9.89. The number of amides is 1. The van der Waals surface area contributed by atoms with Crippen molar-refractivity contribution in [3.63, 3.8) is 0 Å². The van der Waals surface area contributed by atoms with Crippen molar-refractivity contribution in [3.8, 4) is 0 Å². The molecule has 8 atom stereocenters. The van der Waals surface area contributed by atoms with Crippen molar-refractivity contribution in [2.45, 2.75) is 134 Å². The maximum absolute atomic E-state index is 13.4. The summed E-state index contributed by atoms with van der Waals surface area (Å²) in [6, 6.07) is 0. The first-order valence-electron chi connectivity index (χ1n) is 16.2. The summed E-state index contributed by atoms with van der Waals surface area (Å²) in [6.07, 6.45) is 4.87. The van der Waals surface area contributed by atoms with Gasteiger partial charge in [0.05, 0.1) is 29.3 Å². The molecule has 5 aliphatic rings. The van der Waals surface area contributed by atoms with Gasteiger partial charge < -0.3 is 15.0 Å². The fourth-order valence-corrected chi connectivity index (χ4v) is 8.69. The first kappa shape index (κ1) is 32.8. The van der Waals surface area contributed by atoms with Gasteiger partial charge in [0.15, 0.2) is 0 Å². The zero-order valence-electron chi connectivity index (χ0n) is 25.9. The number of nitrogens with one attached hydrogen (secondary N) is 4. The molecular weight excluding hydrogens is 565 g/mol. The second kappa shape index (κ2) is 13.4. The van der Waals surface area contributed by atoms with Crippen molar-refractivity contribution in [1.29, 1.82) is 0 Å². The number of hydrogen-bond donors (Lipinski definition) is 4. The maximum atomic E-state index is 13.4. The van der Waals surface area contributed by atoms with Crippen LogP contribution in [0.15, 0.2) is 0 Å². The average Bonchev–Trinajstić information content (AvgIpc) is 3.43. The van der Waals surface area contributed by atoms with Crippen molar-refractivity contribution in [1.82, 2.24) is 30.5 Å². The Morgan fingerprint density at radius 3 is 2.64 bits per heavy atom. The summed E-state index contributed by atoms with van der Waals surface area (Å²) < 4.78 is 49.3. The van der Waals surface area contributed by atoms with E-state index in [4.69, 9.17) is 4.74 Å². The van der Waals surface area contributed by atoms with Gasteiger partial charge in [0.1, 0.15) is 6.10 Å². The van der Waals surface area contributed by atoms with Gasteiger partial charge in [-0.1, -0.05) is 25.8 Å². The Balaban J connectivity index is 1.23. The Kier molecular flexibility index (Phi) is 10.4. The van der Waals surface area contributed by atoms with Gasteiger partial charge in [-0.25, -0.2) is 0 Å². The van der Waals surface area contributed by atoms with Crippen LogP contribution in [0.1, 0.15) is 91.9 Å². The molecule has 0 aromatic rings. The van der Waals surface area contributed by atoms with E-state index in [-0.39, 0.29) is 36.8 Å². The van der Waals surface area contributed by atoms with Crippen molar-refractivity contribution >= 4 is 17.9 Å². The number of hydrogen-bond acceptors (Lipinski definition) is 8. The van der Waals surface area contributed by atoms with Gasteiger partial charge in [0.25, 0.3) is 5.91 Å². The number of carbonyl (C=O) groups excluding carboxylic acids is 1. The van der Waals surface area contributed by atoms with Crippen LogP contribution >= 0.6 is 11.9 Å². The van der Waals surface area contributed by atoms with Gasteiger partial charge in [-0.15, -0.1) is 0 Å². The minimum absolute atomic E-state index is 0.0597. The molecule has 5 saturated heterocycles. The van der Waals surface area contributed by atoms with Crippen LogP contribution in [0.2, 0.25) is 0 Å². The normalized spacial score (nSPS) is 38.5. The minimum Gasteiger partial charge on any atom is -0.368 e. The highest BCUT2D eigenvalue weighted by Gasteiger charge is 2.49. The third-order valence-electron chi connectivity index (χ3n) is 10.5. The first-order chi connectivity index (χ1) is 19.8. The standard InChI is InChI=1S/C30H53F3N6O2S/c1-28(2,30(31,32)33)13-16-41-22-12-15-38(27(22)40)24-11-10-21-18-35-42-25-9-5-8-23(36-25)34-14-6-7-20-17-29(3,4)39(19-20)26(21)37-24/h20-26,34-37H,5-19H2,1-4H3/t20-,21?,22?,23?,24?,25?,26?/m0/s1. The van der Waals surface area contributed by atoms with Gasteiger partial charge in [0, 0.05) is 44.1 Å².